The van der Waals surface area contributed by atoms with E-state index in [1.165, 1.54) is 0 Å². The fourth-order valence-electron chi connectivity index (χ4n) is 1.77. The Balaban J connectivity index is -0.000000242. The number of carbonyl (C=O) groups is 8. The Bertz CT molecular complexity index is 753. The summed E-state index contributed by atoms with van der Waals surface area (Å²) >= 11 is 0. The lowest BCUT2D eigenvalue weighted by atomic mass is 10.1. The maximum Gasteiger partial charge on any atom is 0.332 e. The molecule has 0 heterocycles. The molecule has 0 aliphatic carbocycles. The smallest absolute Gasteiger partial charge is 0.332 e. The molecule has 0 amide bonds. The van der Waals surface area contributed by atoms with E-state index in [1.54, 1.807) is 0 Å². The van der Waals surface area contributed by atoms with Gasteiger partial charge in [0.1, 0.15) is 24.2 Å². The van der Waals surface area contributed by atoms with Crippen LogP contribution in [0.25, 0.3) is 0 Å². The second-order valence-corrected chi connectivity index (χ2v) is 8.14. The predicted molar refractivity (Wildman–Crippen MR) is 135 cm³/mol. The SMILES string of the molecule is NC(CC(O)C(=O)O)C(=O)O.NC(CC(O)C(=O)O)C(=O)O.NC(CC(O)C(=O)O)C(=O)O.NC(CC(O)C(=O)O)C(=O)O. The van der Waals surface area contributed by atoms with Crippen LogP contribution < -0.4 is 22.9 Å². The minimum atomic E-state index is -1.71. The first-order valence-corrected chi connectivity index (χ1v) is 11.4. The van der Waals surface area contributed by atoms with Crippen LogP contribution in [0.5, 0.6) is 0 Å². The molecule has 0 spiro atoms. The highest BCUT2D eigenvalue weighted by Crippen LogP contribution is 1.98. The molecule has 44 heavy (non-hydrogen) atoms. The van der Waals surface area contributed by atoms with Crippen molar-refractivity contribution in [1.82, 2.24) is 0 Å². The van der Waals surface area contributed by atoms with Crippen molar-refractivity contribution < 1.29 is 99.6 Å². The van der Waals surface area contributed by atoms with Gasteiger partial charge < -0.3 is 84.2 Å². The Labute approximate surface area is 245 Å². The van der Waals surface area contributed by atoms with Crippen molar-refractivity contribution in [3.05, 3.63) is 0 Å². The van der Waals surface area contributed by atoms with Crippen molar-refractivity contribution in [3.63, 3.8) is 0 Å². The van der Waals surface area contributed by atoms with E-state index in [0.29, 0.717) is 0 Å². The minimum Gasteiger partial charge on any atom is -0.480 e. The fraction of sp³-hybridized carbons (Fsp3) is 0.600. The molecule has 0 bridgehead atoms. The molecular weight excluding hydrogens is 616 g/mol. The van der Waals surface area contributed by atoms with Crippen LogP contribution in [-0.4, -0.2) is 158 Å². The van der Waals surface area contributed by atoms with Crippen molar-refractivity contribution in [2.45, 2.75) is 74.3 Å². The third-order valence-electron chi connectivity index (χ3n) is 4.32. The quantitative estimate of drug-likeness (QED) is 0.0736. The number of nitrogens with two attached hydrogens (primary N) is 4. The molecule has 8 atom stereocenters. The summed E-state index contributed by atoms with van der Waals surface area (Å²) in [6.07, 6.45) is -8.76. The highest BCUT2D eigenvalue weighted by atomic mass is 16.4. The summed E-state index contributed by atoms with van der Waals surface area (Å²) in [7, 11) is 0. The number of aliphatic hydroxyl groups excluding tert-OH is 4. The molecule has 256 valence electrons. The van der Waals surface area contributed by atoms with Gasteiger partial charge in [-0.15, -0.1) is 0 Å². The highest BCUT2D eigenvalue weighted by Gasteiger charge is 2.23. The summed E-state index contributed by atoms with van der Waals surface area (Å²) in [5, 5.41) is 99.6. The lowest BCUT2D eigenvalue weighted by Gasteiger charge is -2.07. The maximum absolute atomic E-state index is 10.0. The number of hydrogen-bond acceptors (Lipinski definition) is 16. The summed E-state index contributed by atoms with van der Waals surface area (Å²) in [4.78, 5) is 79.9. The van der Waals surface area contributed by atoms with Gasteiger partial charge in [-0.25, -0.2) is 19.2 Å². The largest absolute Gasteiger partial charge is 0.480 e. The van der Waals surface area contributed by atoms with Crippen LogP contribution in [-0.2, 0) is 38.4 Å². The first-order valence-electron chi connectivity index (χ1n) is 11.4. The van der Waals surface area contributed by atoms with Gasteiger partial charge in [0.25, 0.3) is 0 Å². The minimum absolute atomic E-state index is 0.481. The first-order chi connectivity index (χ1) is 19.8. The molecule has 0 aliphatic rings. The number of hydrogen-bond donors (Lipinski definition) is 16. The van der Waals surface area contributed by atoms with Crippen LogP contribution in [0.15, 0.2) is 0 Å². The van der Waals surface area contributed by atoms with Crippen LogP contribution in [0, 0.1) is 0 Å². The number of carboxylic acid groups (broad SMARTS) is 8. The summed E-state index contributed by atoms with van der Waals surface area (Å²) in [6, 6.07) is -5.33. The second kappa shape index (κ2) is 23.9. The summed E-state index contributed by atoms with van der Waals surface area (Å²) in [5.74, 6) is -11.2. The van der Waals surface area contributed by atoms with Crippen molar-refractivity contribution in [2.24, 2.45) is 22.9 Å². The second-order valence-electron chi connectivity index (χ2n) is 8.14. The molecule has 0 fully saturated rings. The van der Waals surface area contributed by atoms with E-state index >= 15 is 0 Å². The lowest BCUT2D eigenvalue weighted by Crippen LogP contribution is -2.36. The van der Waals surface area contributed by atoms with E-state index in [1.807, 2.05) is 0 Å². The van der Waals surface area contributed by atoms with Gasteiger partial charge in [-0.2, -0.15) is 0 Å². The molecule has 0 aromatic heterocycles. The van der Waals surface area contributed by atoms with Crippen molar-refractivity contribution in [1.29, 1.82) is 0 Å². The van der Waals surface area contributed by atoms with Crippen molar-refractivity contribution >= 4 is 47.8 Å². The Morgan fingerprint density at radius 2 is 0.432 bits per heavy atom. The van der Waals surface area contributed by atoms with Gasteiger partial charge in [-0.3, -0.25) is 19.2 Å². The predicted octanol–water partition coefficient (Wildman–Crippen LogP) is -7.06. The fourth-order valence-corrected chi connectivity index (χ4v) is 1.77. The van der Waals surface area contributed by atoms with E-state index in [2.05, 4.69) is 0 Å². The molecule has 0 aromatic rings. The average molecular weight is 653 g/mol. The standard InChI is InChI=1S/4C5H9NO5/c4*6-2(4(8)9)1-3(7)5(10)11/h4*2-3,7H,1,6H2,(H,8,9)(H,10,11). The monoisotopic (exact) mass is 652 g/mol. The number of carboxylic acids is 8. The summed E-state index contributed by atoms with van der Waals surface area (Å²) < 4.78 is 0. The maximum atomic E-state index is 10.0. The molecule has 24 heteroatoms. The van der Waals surface area contributed by atoms with Crippen LogP contribution in [0.1, 0.15) is 25.7 Å². The number of aliphatic carboxylic acids is 8. The molecule has 20 N–H and O–H groups in total. The molecule has 0 aliphatic heterocycles. The van der Waals surface area contributed by atoms with Crippen LogP contribution in [0.2, 0.25) is 0 Å². The van der Waals surface area contributed by atoms with Crippen LogP contribution in [0.4, 0.5) is 0 Å². The zero-order chi connectivity index (χ0) is 36.1. The third kappa shape index (κ3) is 26.3. The molecule has 0 radical (unpaired) electrons. The zero-order valence-corrected chi connectivity index (χ0v) is 22.4. The Kier molecular flexibility index (Phi) is 25.2. The van der Waals surface area contributed by atoms with Crippen molar-refractivity contribution in [3.8, 4) is 0 Å². The highest BCUT2D eigenvalue weighted by molar-refractivity contribution is 5.78. The molecule has 8 unspecified atom stereocenters. The summed E-state index contributed by atoms with van der Waals surface area (Å²) in [5.41, 5.74) is 19.7. The van der Waals surface area contributed by atoms with Gasteiger partial charge in [0.15, 0.2) is 24.4 Å². The number of rotatable bonds is 16. The molecule has 0 saturated carbocycles. The van der Waals surface area contributed by atoms with Gasteiger partial charge in [-0.1, -0.05) is 0 Å². The van der Waals surface area contributed by atoms with Gasteiger partial charge in [0.05, 0.1) is 0 Å². The lowest BCUT2D eigenvalue weighted by molar-refractivity contribution is -0.149. The van der Waals surface area contributed by atoms with Crippen LogP contribution >= 0.6 is 0 Å². The average Bonchev–Trinajstić information content (AvgIpc) is 2.88. The van der Waals surface area contributed by atoms with Crippen molar-refractivity contribution in [2.75, 3.05) is 0 Å². The first kappa shape index (κ1) is 46.4. The van der Waals surface area contributed by atoms with E-state index in [0.717, 1.165) is 0 Å². The molecule has 0 saturated heterocycles. The van der Waals surface area contributed by atoms with E-state index in [9.17, 15) is 38.4 Å². The topological polar surface area (TPSA) is 483 Å². The van der Waals surface area contributed by atoms with E-state index in [-0.39, 0.29) is 0 Å². The Morgan fingerprint density at radius 3 is 0.500 bits per heavy atom. The molecule has 24 nitrogen and oxygen atoms in total. The molecule has 0 rings (SSSR count). The third-order valence-corrected chi connectivity index (χ3v) is 4.32. The molecule has 0 aromatic carbocycles. The molecular formula is C20H36N4O20. The number of aliphatic hydroxyl groups is 4. The van der Waals surface area contributed by atoms with Gasteiger partial charge >= 0.3 is 47.8 Å². The van der Waals surface area contributed by atoms with Gasteiger partial charge in [-0.05, 0) is 0 Å². The van der Waals surface area contributed by atoms with Gasteiger partial charge in [0, 0.05) is 25.7 Å². The van der Waals surface area contributed by atoms with Crippen LogP contribution in [0.3, 0.4) is 0 Å². The normalized spacial score (nSPS) is 15.5. The Morgan fingerprint density at radius 1 is 0.318 bits per heavy atom. The van der Waals surface area contributed by atoms with E-state index in [4.69, 9.17) is 84.2 Å². The Hall–Kier alpha value is -4.56. The zero-order valence-electron chi connectivity index (χ0n) is 22.4. The van der Waals surface area contributed by atoms with Gasteiger partial charge in [0.2, 0.25) is 0 Å². The van der Waals surface area contributed by atoms with E-state index < -0.39 is 122 Å². The summed E-state index contributed by atoms with van der Waals surface area (Å²) in [6.45, 7) is 0.